The van der Waals surface area contributed by atoms with Gasteiger partial charge in [-0.1, -0.05) is 160 Å². The van der Waals surface area contributed by atoms with Crippen LogP contribution in [-0.4, -0.2) is 56.7 Å². The molecule has 0 spiro atoms. The number of benzene rings is 2. The lowest BCUT2D eigenvalue weighted by Gasteiger charge is -2.47. The number of rotatable bonds is 19. The number of aliphatic hydroxyl groups is 1. The Morgan fingerprint density at radius 1 is 0.792 bits per heavy atom. The van der Waals surface area contributed by atoms with Crippen LogP contribution in [0.1, 0.15) is 126 Å². The quantitative estimate of drug-likeness (QED) is 0.144. The van der Waals surface area contributed by atoms with Gasteiger partial charge < -0.3 is 24.1 Å². The molecule has 0 aromatic heterocycles. The molecule has 1 aliphatic rings. The maximum absolute atomic E-state index is 10.8. The number of unbranched alkanes of at least 4 members (excludes halogenated alkanes) is 3. The molecule has 0 radical (unpaired) electrons. The first-order valence-corrected chi connectivity index (χ1v) is 20.6. The number of carboxylic acids is 1. The fourth-order valence-electron chi connectivity index (χ4n) is 6.92. The lowest BCUT2D eigenvalue weighted by atomic mass is 9.79. The minimum Gasteiger partial charge on any atom is -0.481 e. The van der Waals surface area contributed by atoms with Crippen molar-refractivity contribution in [2.75, 3.05) is 26.4 Å². The third kappa shape index (κ3) is 12.7. The Morgan fingerprint density at radius 3 is 1.56 bits per heavy atom. The van der Waals surface area contributed by atoms with E-state index in [-0.39, 0.29) is 11.6 Å². The highest BCUT2D eigenvalue weighted by atomic mass is 28.4. The van der Waals surface area contributed by atoms with Crippen molar-refractivity contribution in [3.8, 4) is 0 Å². The first kappa shape index (κ1) is 42.1. The smallest absolute Gasteiger partial charge is 0.303 e. The fourth-order valence-corrected chi connectivity index (χ4v) is 11.6. The van der Waals surface area contributed by atoms with Crippen molar-refractivity contribution < 1.29 is 28.9 Å². The summed E-state index contributed by atoms with van der Waals surface area (Å²) in [5.74, 6) is 0.127. The Bertz CT molecular complexity index is 1090. The van der Waals surface area contributed by atoms with Gasteiger partial charge in [-0.25, -0.2) is 0 Å². The summed E-state index contributed by atoms with van der Waals surface area (Å²) >= 11 is 0. The van der Waals surface area contributed by atoms with Gasteiger partial charge in [-0.3, -0.25) is 4.79 Å². The molecule has 1 heterocycles. The number of carboxylic acid groups (broad SMARTS) is 1. The second-order valence-electron chi connectivity index (χ2n) is 15.5. The van der Waals surface area contributed by atoms with Gasteiger partial charge >= 0.3 is 5.97 Å². The maximum atomic E-state index is 10.8. The Hall–Kier alpha value is -2.03. The van der Waals surface area contributed by atoms with Crippen molar-refractivity contribution in [3.63, 3.8) is 0 Å². The van der Waals surface area contributed by atoms with Crippen LogP contribution in [0.5, 0.6) is 0 Å². The highest BCUT2D eigenvalue weighted by Gasteiger charge is 2.52. The van der Waals surface area contributed by atoms with Crippen LogP contribution in [0.15, 0.2) is 60.7 Å². The highest BCUT2D eigenvalue weighted by molar-refractivity contribution is 6.99. The summed E-state index contributed by atoms with van der Waals surface area (Å²) in [6.45, 7) is 18.4. The Balaban J connectivity index is 0.000000368. The number of hydrogen-bond donors (Lipinski definition) is 2. The molecule has 3 rings (SSSR count). The monoisotopic (exact) mass is 684 g/mol. The van der Waals surface area contributed by atoms with Crippen LogP contribution in [0.4, 0.5) is 0 Å². The largest absolute Gasteiger partial charge is 0.481 e. The third-order valence-electron chi connectivity index (χ3n) is 9.98. The van der Waals surface area contributed by atoms with Crippen molar-refractivity contribution in [3.05, 3.63) is 60.7 Å². The lowest BCUT2D eigenvalue weighted by Crippen LogP contribution is -2.68. The van der Waals surface area contributed by atoms with E-state index in [1.54, 1.807) is 0 Å². The minimum absolute atomic E-state index is 0.0404. The molecule has 1 atom stereocenters. The molecule has 1 fully saturated rings. The standard InChI is InChI=1S/C24H34O4Si.C17H34O2/c1-22(2,3)29(20-12-8-6-9-13-20,21-14-10-7-11-15-21)28-19-24(16-25)17-26-23(4,5)27-18-24;1-4-7-10-15(11-8-5-2)16(12-9-6-3)13-14-17(18)19/h6-15,25H,16-19H2,1-5H3;15-16H,4-14H2,1-3H3,(H,18,19). The first-order valence-electron chi connectivity index (χ1n) is 18.6. The summed E-state index contributed by atoms with van der Waals surface area (Å²) in [4.78, 5) is 10.8. The van der Waals surface area contributed by atoms with Crippen LogP contribution in [0.25, 0.3) is 0 Å². The summed E-state index contributed by atoms with van der Waals surface area (Å²) in [5, 5.41) is 21.5. The Labute approximate surface area is 294 Å². The molecule has 272 valence electrons. The average Bonchev–Trinajstić information content (AvgIpc) is 3.07. The summed E-state index contributed by atoms with van der Waals surface area (Å²) in [6.07, 6.45) is 12.6. The molecule has 0 aliphatic carbocycles. The third-order valence-corrected chi connectivity index (χ3v) is 15.0. The molecular weight excluding hydrogens is 617 g/mol. The van der Waals surface area contributed by atoms with Gasteiger partial charge in [0.2, 0.25) is 0 Å². The van der Waals surface area contributed by atoms with E-state index in [4.69, 9.17) is 19.0 Å². The van der Waals surface area contributed by atoms with E-state index < -0.39 is 25.5 Å². The molecule has 2 aromatic carbocycles. The predicted octanol–water partition coefficient (Wildman–Crippen LogP) is 8.98. The first-order chi connectivity index (χ1) is 22.8. The Kier molecular flexibility index (Phi) is 18.1. The van der Waals surface area contributed by atoms with Crippen molar-refractivity contribution in [1.29, 1.82) is 0 Å². The minimum atomic E-state index is -2.65. The summed E-state index contributed by atoms with van der Waals surface area (Å²) in [7, 11) is -2.65. The van der Waals surface area contributed by atoms with E-state index in [1.165, 1.54) is 68.2 Å². The molecule has 0 amide bonds. The van der Waals surface area contributed by atoms with E-state index in [9.17, 15) is 9.90 Å². The second kappa shape index (κ2) is 20.6. The molecule has 0 saturated carbocycles. The fraction of sp³-hybridized carbons (Fsp3) is 0.683. The SMILES string of the molecule is CC1(C)OCC(CO)(CO[Si](c2ccccc2)(c2ccccc2)C(C)(C)C)CO1.CCCCC(CCCC)C(CCCC)CCC(=O)O. The van der Waals surface area contributed by atoms with E-state index in [0.717, 1.165) is 12.3 Å². The summed E-state index contributed by atoms with van der Waals surface area (Å²) in [5.41, 5.74) is -0.567. The van der Waals surface area contributed by atoms with Gasteiger partial charge in [0.1, 0.15) is 0 Å². The molecule has 2 N–H and O–H groups in total. The van der Waals surface area contributed by atoms with Gasteiger partial charge in [-0.05, 0) is 47.5 Å². The number of carbonyl (C=O) groups is 1. The van der Waals surface area contributed by atoms with Crippen molar-refractivity contribution >= 4 is 24.7 Å². The van der Waals surface area contributed by atoms with Gasteiger partial charge in [0.05, 0.1) is 25.2 Å². The van der Waals surface area contributed by atoms with Crippen LogP contribution in [0, 0.1) is 17.3 Å². The zero-order chi connectivity index (χ0) is 35.7. The molecular formula is C41H68O6Si. The van der Waals surface area contributed by atoms with Crippen LogP contribution >= 0.6 is 0 Å². The van der Waals surface area contributed by atoms with Gasteiger partial charge in [0.15, 0.2) is 5.79 Å². The molecule has 1 unspecified atom stereocenters. The predicted molar refractivity (Wildman–Crippen MR) is 201 cm³/mol. The van der Waals surface area contributed by atoms with E-state index >= 15 is 0 Å². The molecule has 6 nitrogen and oxygen atoms in total. The number of aliphatic hydroxyl groups excluding tert-OH is 1. The number of hydrogen-bond acceptors (Lipinski definition) is 5. The van der Waals surface area contributed by atoms with Crippen LogP contribution in [-0.2, 0) is 18.7 Å². The van der Waals surface area contributed by atoms with Crippen molar-refractivity contribution in [1.82, 2.24) is 0 Å². The normalized spacial score (nSPS) is 16.6. The topological polar surface area (TPSA) is 85.2 Å². The molecule has 7 heteroatoms. The zero-order valence-corrected chi connectivity index (χ0v) is 32.6. The molecule has 48 heavy (non-hydrogen) atoms. The van der Waals surface area contributed by atoms with Gasteiger partial charge in [-0.2, -0.15) is 0 Å². The number of ether oxygens (including phenoxy) is 2. The van der Waals surface area contributed by atoms with Gasteiger partial charge in [-0.15, -0.1) is 0 Å². The average molecular weight is 685 g/mol. The maximum Gasteiger partial charge on any atom is 0.303 e. The molecule has 0 bridgehead atoms. The second-order valence-corrected chi connectivity index (χ2v) is 19.8. The molecule has 2 aromatic rings. The summed E-state index contributed by atoms with van der Waals surface area (Å²) in [6, 6.07) is 21.1. The van der Waals surface area contributed by atoms with Gasteiger partial charge in [0.25, 0.3) is 8.32 Å². The van der Waals surface area contributed by atoms with Crippen molar-refractivity contribution in [2.24, 2.45) is 17.3 Å². The molecule has 1 aliphatic heterocycles. The van der Waals surface area contributed by atoms with E-state index in [2.05, 4.69) is 90.1 Å². The number of aliphatic carboxylic acids is 1. The van der Waals surface area contributed by atoms with Crippen LogP contribution in [0.3, 0.4) is 0 Å². The van der Waals surface area contributed by atoms with E-state index in [1.807, 2.05) is 26.0 Å². The highest BCUT2D eigenvalue weighted by Crippen LogP contribution is 2.39. The van der Waals surface area contributed by atoms with E-state index in [0.29, 0.717) is 32.2 Å². The van der Waals surface area contributed by atoms with Crippen molar-refractivity contribution in [2.45, 2.75) is 137 Å². The van der Waals surface area contributed by atoms with Crippen LogP contribution in [0.2, 0.25) is 5.04 Å². The summed E-state index contributed by atoms with van der Waals surface area (Å²) < 4.78 is 18.8. The zero-order valence-electron chi connectivity index (χ0n) is 31.6. The van der Waals surface area contributed by atoms with Crippen LogP contribution < -0.4 is 10.4 Å². The lowest BCUT2D eigenvalue weighted by molar-refractivity contribution is -0.294. The Morgan fingerprint density at radius 2 is 1.21 bits per heavy atom. The van der Waals surface area contributed by atoms with Gasteiger partial charge in [0, 0.05) is 13.0 Å². The molecule has 1 saturated heterocycles.